The van der Waals surface area contributed by atoms with E-state index in [1.807, 2.05) is 0 Å². The van der Waals surface area contributed by atoms with E-state index < -0.39 is 34.0 Å². The number of ether oxygens (including phenoxy) is 1. The largest absolute Gasteiger partial charge is 0.505 e. The van der Waals surface area contributed by atoms with Crippen molar-refractivity contribution < 1.29 is 29.1 Å². The molecule has 9 heteroatoms. The fourth-order valence-electron chi connectivity index (χ4n) is 3.56. The highest BCUT2D eigenvalue weighted by atomic mass is 19.1. The highest BCUT2D eigenvalue weighted by molar-refractivity contribution is 5.67. The predicted octanol–water partition coefficient (Wildman–Crippen LogP) is 4.22. The van der Waals surface area contributed by atoms with Gasteiger partial charge in [-0.15, -0.1) is 0 Å². The van der Waals surface area contributed by atoms with Gasteiger partial charge in [-0.3, -0.25) is 10.1 Å². The van der Waals surface area contributed by atoms with Crippen LogP contribution in [0.1, 0.15) is 37.4 Å². The summed E-state index contributed by atoms with van der Waals surface area (Å²) < 4.78 is 18.9. The minimum atomic E-state index is -1.15. The van der Waals surface area contributed by atoms with Crippen LogP contribution in [0.5, 0.6) is 11.5 Å². The number of hydrogen-bond donors (Lipinski definition) is 2. The number of carbonyl (C=O) groups is 1. The van der Waals surface area contributed by atoms with Gasteiger partial charge in [0.1, 0.15) is 5.75 Å². The Morgan fingerprint density at radius 3 is 2.69 bits per heavy atom. The fourth-order valence-corrected chi connectivity index (χ4v) is 3.56. The third-order valence-electron chi connectivity index (χ3n) is 5.13. The van der Waals surface area contributed by atoms with Crippen molar-refractivity contribution in [3.05, 3.63) is 63.5 Å². The van der Waals surface area contributed by atoms with E-state index in [4.69, 9.17) is 4.74 Å². The van der Waals surface area contributed by atoms with E-state index in [-0.39, 0.29) is 18.8 Å². The third kappa shape index (κ3) is 4.08. The molecule has 0 aliphatic carbocycles. The molecule has 1 aliphatic heterocycles. The second-order valence-electron chi connectivity index (χ2n) is 7.59. The van der Waals surface area contributed by atoms with Crippen molar-refractivity contribution >= 4 is 11.8 Å². The lowest BCUT2D eigenvalue weighted by Gasteiger charge is -2.38. The molecule has 0 saturated carbocycles. The summed E-state index contributed by atoms with van der Waals surface area (Å²) in [7, 11) is 0. The maximum Gasteiger partial charge on any atom is 0.407 e. The number of fused-ring (bicyclic) bond motifs is 1. The molecule has 0 saturated heterocycles. The Balaban J connectivity index is 1.94. The van der Waals surface area contributed by atoms with Crippen molar-refractivity contribution in [3.63, 3.8) is 0 Å². The summed E-state index contributed by atoms with van der Waals surface area (Å²) in [5.41, 5.74) is 0.275. The van der Waals surface area contributed by atoms with E-state index in [2.05, 4.69) is 0 Å². The highest BCUT2D eigenvalue weighted by Crippen LogP contribution is 2.40. The number of nitro groups is 1. The van der Waals surface area contributed by atoms with Crippen molar-refractivity contribution in [2.24, 2.45) is 0 Å². The molecule has 0 radical (unpaired) electrons. The summed E-state index contributed by atoms with van der Waals surface area (Å²) in [4.78, 5) is 23.8. The number of amides is 1. The number of phenols is 1. The van der Waals surface area contributed by atoms with Crippen LogP contribution in [0.15, 0.2) is 36.4 Å². The first-order valence-electron chi connectivity index (χ1n) is 9.00. The number of rotatable bonds is 5. The van der Waals surface area contributed by atoms with Gasteiger partial charge in [0, 0.05) is 30.0 Å². The van der Waals surface area contributed by atoms with Gasteiger partial charge in [-0.2, -0.15) is 0 Å². The van der Waals surface area contributed by atoms with Gasteiger partial charge in [-0.25, -0.2) is 9.18 Å². The number of nitrogens with zero attached hydrogens (tertiary/aromatic N) is 2. The lowest BCUT2D eigenvalue weighted by molar-refractivity contribution is -0.385. The van der Waals surface area contributed by atoms with Gasteiger partial charge in [-0.05, 0) is 23.8 Å². The molecule has 1 aliphatic rings. The molecule has 1 amide bonds. The van der Waals surface area contributed by atoms with Crippen LogP contribution in [0.2, 0.25) is 0 Å². The highest BCUT2D eigenvalue weighted by Gasteiger charge is 2.35. The number of nitro benzene ring substituents is 1. The van der Waals surface area contributed by atoms with Crippen LogP contribution < -0.4 is 4.74 Å². The van der Waals surface area contributed by atoms with Gasteiger partial charge < -0.3 is 19.8 Å². The Hall–Kier alpha value is -3.36. The number of hydrogen-bond acceptors (Lipinski definition) is 5. The summed E-state index contributed by atoms with van der Waals surface area (Å²) in [6, 6.07) is 7.52. The molecular weight excluding hydrogens is 383 g/mol. The zero-order valence-electron chi connectivity index (χ0n) is 16.0. The lowest BCUT2D eigenvalue weighted by Crippen LogP contribution is -2.43. The van der Waals surface area contributed by atoms with Crippen molar-refractivity contribution in [2.75, 3.05) is 13.2 Å². The number of halogens is 1. The zero-order valence-corrected chi connectivity index (χ0v) is 16.0. The quantitative estimate of drug-likeness (QED) is 0.570. The average molecular weight is 404 g/mol. The molecule has 8 nitrogen and oxygen atoms in total. The number of carboxylic acid groups (broad SMARTS) is 1. The van der Waals surface area contributed by atoms with Crippen LogP contribution in [0, 0.1) is 15.9 Å². The molecule has 0 fully saturated rings. The molecule has 0 spiro atoms. The Bertz CT molecular complexity index is 962. The predicted molar refractivity (Wildman–Crippen MR) is 102 cm³/mol. The van der Waals surface area contributed by atoms with Crippen LogP contribution in [-0.4, -0.2) is 39.3 Å². The van der Waals surface area contributed by atoms with Gasteiger partial charge in [-0.1, -0.05) is 19.9 Å². The monoisotopic (exact) mass is 404 g/mol. The lowest BCUT2D eigenvalue weighted by atomic mass is 9.83. The maximum atomic E-state index is 13.4. The minimum absolute atomic E-state index is 0.0640. The summed E-state index contributed by atoms with van der Waals surface area (Å²) >= 11 is 0. The van der Waals surface area contributed by atoms with Gasteiger partial charge >= 0.3 is 6.09 Å². The van der Waals surface area contributed by atoms with Crippen LogP contribution in [-0.2, 0) is 5.41 Å². The second kappa shape index (κ2) is 7.57. The van der Waals surface area contributed by atoms with Gasteiger partial charge in [0.05, 0.1) is 23.6 Å². The van der Waals surface area contributed by atoms with Crippen molar-refractivity contribution in [1.29, 1.82) is 0 Å². The molecule has 2 aromatic rings. The Morgan fingerprint density at radius 1 is 1.34 bits per heavy atom. The van der Waals surface area contributed by atoms with Gasteiger partial charge in [0.15, 0.2) is 11.6 Å². The first-order chi connectivity index (χ1) is 13.6. The van der Waals surface area contributed by atoms with E-state index in [9.17, 15) is 29.5 Å². The summed E-state index contributed by atoms with van der Waals surface area (Å²) in [5, 5.41) is 30.6. The normalized spacial score (nSPS) is 15.9. The summed E-state index contributed by atoms with van der Waals surface area (Å²) in [6.07, 6.45) is -0.761. The smallest absolute Gasteiger partial charge is 0.407 e. The molecular formula is C20H21FN2O6. The first-order valence-corrected chi connectivity index (χ1v) is 9.00. The van der Waals surface area contributed by atoms with Crippen LogP contribution in [0.4, 0.5) is 14.9 Å². The number of non-ortho nitro benzene ring substituents is 1. The molecule has 29 heavy (non-hydrogen) atoms. The molecule has 3 rings (SSSR count). The van der Waals surface area contributed by atoms with E-state index >= 15 is 0 Å². The molecule has 0 unspecified atom stereocenters. The van der Waals surface area contributed by atoms with E-state index in [1.165, 1.54) is 35.2 Å². The molecule has 2 N–H and O–H groups in total. The van der Waals surface area contributed by atoms with E-state index in [1.54, 1.807) is 13.8 Å². The topological polar surface area (TPSA) is 113 Å². The average Bonchev–Trinajstić information content (AvgIpc) is 2.67. The van der Waals surface area contributed by atoms with Crippen LogP contribution >= 0.6 is 0 Å². The van der Waals surface area contributed by atoms with Crippen LogP contribution in [0.3, 0.4) is 0 Å². The molecule has 154 valence electrons. The molecule has 1 heterocycles. The molecule has 0 aromatic heterocycles. The number of benzene rings is 2. The fraction of sp³-hybridized carbons (Fsp3) is 0.350. The van der Waals surface area contributed by atoms with E-state index in [0.29, 0.717) is 23.3 Å². The second-order valence-corrected chi connectivity index (χ2v) is 7.59. The van der Waals surface area contributed by atoms with Crippen molar-refractivity contribution in [1.82, 2.24) is 4.90 Å². The first kappa shape index (κ1) is 20.4. The van der Waals surface area contributed by atoms with Crippen LogP contribution in [0.25, 0.3) is 0 Å². The van der Waals surface area contributed by atoms with Crippen molar-refractivity contribution in [2.45, 2.75) is 31.7 Å². The van der Waals surface area contributed by atoms with Gasteiger partial charge in [0.25, 0.3) is 5.69 Å². The standard InChI is InChI=1S/C20H21FN2O6/c1-20(2,12-3-6-15(21)17(24)9-12)11-22(19(25)26)16-7-8-29-18-10-13(23(27)28)4-5-14(16)18/h3-6,9-10,16,24H,7-8,11H2,1-2H3,(H,25,26)/t16-/m0/s1. The zero-order chi connectivity index (χ0) is 21.3. The Kier molecular flexibility index (Phi) is 5.32. The maximum absolute atomic E-state index is 13.4. The Labute approximate surface area is 166 Å². The summed E-state index contributed by atoms with van der Waals surface area (Å²) in [6.45, 7) is 3.88. The van der Waals surface area contributed by atoms with E-state index in [0.717, 1.165) is 6.07 Å². The number of aromatic hydroxyl groups is 1. The molecule has 1 atom stereocenters. The molecule has 2 aromatic carbocycles. The minimum Gasteiger partial charge on any atom is -0.505 e. The third-order valence-corrected chi connectivity index (χ3v) is 5.13. The number of phenolic OH excluding ortho intramolecular Hbond substituents is 1. The van der Waals surface area contributed by atoms with Crippen molar-refractivity contribution in [3.8, 4) is 11.5 Å². The Morgan fingerprint density at radius 2 is 2.07 bits per heavy atom. The SMILES string of the molecule is CC(C)(CN(C(=O)O)[C@H]1CCOc2cc([N+](=O)[O-])ccc21)c1ccc(F)c(O)c1. The molecule has 0 bridgehead atoms. The summed E-state index contributed by atoms with van der Waals surface area (Å²) in [5.74, 6) is -0.959. The van der Waals surface area contributed by atoms with Gasteiger partial charge in [0.2, 0.25) is 0 Å².